The van der Waals surface area contributed by atoms with E-state index in [9.17, 15) is 4.79 Å². The van der Waals surface area contributed by atoms with Gasteiger partial charge in [0, 0.05) is 20.6 Å². The van der Waals surface area contributed by atoms with Crippen LogP contribution in [0, 0.1) is 6.92 Å². The number of carbonyl (C=O) groups excluding carboxylic acids is 1. The fraction of sp³-hybridized carbons (Fsp3) is 0.545. The Morgan fingerprint density at radius 1 is 1.53 bits per heavy atom. The van der Waals surface area contributed by atoms with Gasteiger partial charge in [-0.2, -0.15) is 0 Å². The molecule has 0 unspecified atom stereocenters. The normalized spacial score (nSPS) is 10.3. The number of aryl methyl sites for hydroxylation is 1. The molecule has 0 saturated carbocycles. The molecule has 0 aliphatic rings. The molecule has 0 bridgehead atoms. The number of ether oxygens (including phenoxy) is 1. The average molecular weight is 211 g/mol. The largest absolute Gasteiger partial charge is 0.464 e. The second-order valence-electron chi connectivity index (χ2n) is 3.45. The van der Waals surface area contributed by atoms with E-state index in [1.54, 1.807) is 18.9 Å². The maximum Gasteiger partial charge on any atom is 0.219 e. The quantitative estimate of drug-likeness (QED) is 0.742. The SMILES string of the molecule is COCCN(Cc1ccc(C)o1)C(C)=O. The number of hydrogen-bond acceptors (Lipinski definition) is 3. The Morgan fingerprint density at radius 3 is 2.73 bits per heavy atom. The Balaban J connectivity index is 2.54. The van der Waals surface area contributed by atoms with Crippen LogP contribution in [0.3, 0.4) is 0 Å². The van der Waals surface area contributed by atoms with Gasteiger partial charge in [0.2, 0.25) is 5.91 Å². The van der Waals surface area contributed by atoms with Crippen LogP contribution in [0.15, 0.2) is 16.5 Å². The van der Waals surface area contributed by atoms with Crippen LogP contribution in [0.1, 0.15) is 18.4 Å². The molecular formula is C11H17NO3. The van der Waals surface area contributed by atoms with Gasteiger partial charge in [-0.05, 0) is 19.1 Å². The third kappa shape index (κ3) is 3.75. The minimum atomic E-state index is 0.0288. The Labute approximate surface area is 89.8 Å². The van der Waals surface area contributed by atoms with Crippen molar-refractivity contribution < 1.29 is 13.9 Å². The van der Waals surface area contributed by atoms with Gasteiger partial charge in [-0.1, -0.05) is 0 Å². The van der Waals surface area contributed by atoms with E-state index < -0.39 is 0 Å². The molecule has 4 heteroatoms. The Hall–Kier alpha value is -1.29. The summed E-state index contributed by atoms with van der Waals surface area (Å²) in [5.74, 6) is 1.69. The van der Waals surface area contributed by atoms with E-state index in [0.29, 0.717) is 19.7 Å². The molecule has 84 valence electrons. The number of nitrogens with zero attached hydrogens (tertiary/aromatic N) is 1. The molecular weight excluding hydrogens is 194 g/mol. The second kappa shape index (κ2) is 5.56. The van der Waals surface area contributed by atoms with Gasteiger partial charge >= 0.3 is 0 Å². The van der Waals surface area contributed by atoms with Crippen LogP contribution >= 0.6 is 0 Å². The Morgan fingerprint density at radius 2 is 2.27 bits per heavy atom. The van der Waals surface area contributed by atoms with Crippen molar-refractivity contribution in [3.05, 3.63) is 23.7 Å². The lowest BCUT2D eigenvalue weighted by atomic mass is 10.4. The highest BCUT2D eigenvalue weighted by atomic mass is 16.5. The average Bonchev–Trinajstić information content (AvgIpc) is 2.58. The molecule has 0 aliphatic carbocycles. The van der Waals surface area contributed by atoms with E-state index in [1.165, 1.54) is 0 Å². The smallest absolute Gasteiger partial charge is 0.219 e. The highest BCUT2D eigenvalue weighted by molar-refractivity contribution is 5.73. The lowest BCUT2D eigenvalue weighted by Crippen LogP contribution is -2.31. The number of amides is 1. The highest BCUT2D eigenvalue weighted by Gasteiger charge is 2.10. The third-order valence-corrected chi connectivity index (χ3v) is 2.15. The fourth-order valence-corrected chi connectivity index (χ4v) is 1.31. The van der Waals surface area contributed by atoms with Gasteiger partial charge in [-0.25, -0.2) is 0 Å². The maximum atomic E-state index is 11.3. The molecule has 1 heterocycles. The van der Waals surface area contributed by atoms with E-state index >= 15 is 0 Å². The van der Waals surface area contributed by atoms with E-state index in [2.05, 4.69) is 0 Å². The molecule has 0 N–H and O–H groups in total. The van der Waals surface area contributed by atoms with Crippen LogP contribution in [-0.2, 0) is 16.1 Å². The molecule has 15 heavy (non-hydrogen) atoms. The van der Waals surface area contributed by atoms with Gasteiger partial charge in [0.15, 0.2) is 0 Å². The van der Waals surface area contributed by atoms with Crippen LogP contribution < -0.4 is 0 Å². The van der Waals surface area contributed by atoms with E-state index in [1.807, 2.05) is 19.1 Å². The monoisotopic (exact) mass is 211 g/mol. The first-order valence-electron chi connectivity index (χ1n) is 4.93. The first-order valence-corrected chi connectivity index (χ1v) is 4.93. The Kier molecular flexibility index (Phi) is 4.37. The van der Waals surface area contributed by atoms with E-state index in [4.69, 9.17) is 9.15 Å². The van der Waals surface area contributed by atoms with Crippen molar-refractivity contribution in [1.82, 2.24) is 4.90 Å². The standard InChI is InChI=1S/C11H17NO3/c1-9-4-5-11(15-9)8-12(10(2)13)6-7-14-3/h4-5H,6-8H2,1-3H3. The maximum absolute atomic E-state index is 11.3. The van der Waals surface area contributed by atoms with Gasteiger partial charge in [0.25, 0.3) is 0 Å². The zero-order valence-electron chi connectivity index (χ0n) is 9.45. The number of furan rings is 1. The number of methoxy groups -OCH3 is 1. The first kappa shape index (κ1) is 11.8. The summed E-state index contributed by atoms with van der Waals surface area (Å²) in [6.45, 7) is 5.07. The molecule has 0 atom stereocenters. The van der Waals surface area contributed by atoms with Crippen LogP contribution in [0.25, 0.3) is 0 Å². The molecule has 0 aromatic carbocycles. The van der Waals surface area contributed by atoms with Crippen molar-refractivity contribution in [3.8, 4) is 0 Å². The van der Waals surface area contributed by atoms with Gasteiger partial charge in [0.05, 0.1) is 13.2 Å². The minimum absolute atomic E-state index is 0.0288. The summed E-state index contributed by atoms with van der Waals surface area (Å²) in [6, 6.07) is 3.78. The molecule has 0 saturated heterocycles. The number of carbonyl (C=O) groups is 1. The highest BCUT2D eigenvalue weighted by Crippen LogP contribution is 2.09. The zero-order chi connectivity index (χ0) is 11.3. The molecule has 4 nitrogen and oxygen atoms in total. The second-order valence-corrected chi connectivity index (χ2v) is 3.45. The predicted octanol–water partition coefficient (Wildman–Crippen LogP) is 1.58. The van der Waals surface area contributed by atoms with Gasteiger partial charge in [-0.15, -0.1) is 0 Å². The van der Waals surface area contributed by atoms with Crippen molar-refractivity contribution >= 4 is 5.91 Å². The fourth-order valence-electron chi connectivity index (χ4n) is 1.31. The van der Waals surface area contributed by atoms with Crippen molar-refractivity contribution in [1.29, 1.82) is 0 Å². The van der Waals surface area contributed by atoms with Crippen molar-refractivity contribution in [3.63, 3.8) is 0 Å². The van der Waals surface area contributed by atoms with Gasteiger partial charge < -0.3 is 14.1 Å². The summed E-state index contributed by atoms with van der Waals surface area (Å²) < 4.78 is 10.4. The minimum Gasteiger partial charge on any atom is -0.464 e. The molecule has 0 spiro atoms. The van der Waals surface area contributed by atoms with Gasteiger partial charge in [0.1, 0.15) is 11.5 Å². The third-order valence-electron chi connectivity index (χ3n) is 2.15. The molecule has 1 aromatic heterocycles. The molecule has 1 aromatic rings. The van der Waals surface area contributed by atoms with Gasteiger partial charge in [-0.3, -0.25) is 4.79 Å². The topological polar surface area (TPSA) is 42.7 Å². The van der Waals surface area contributed by atoms with Crippen molar-refractivity contribution in [2.75, 3.05) is 20.3 Å². The lowest BCUT2D eigenvalue weighted by molar-refractivity contribution is -0.130. The molecule has 0 radical (unpaired) electrons. The Bertz CT molecular complexity index is 319. The summed E-state index contributed by atoms with van der Waals surface area (Å²) >= 11 is 0. The number of rotatable bonds is 5. The zero-order valence-corrected chi connectivity index (χ0v) is 9.45. The summed E-state index contributed by atoms with van der Waals surface area (Å²) in [5.41, 5.74) is 0. The summed E-state index contributed by atoms with van der Waals surface area (Å²) in [4.78, 5) is 13.0. The molecule has 0 fully saturated rings. The summed E-state index contributed by atoms with van der Waals surface area (Å²) in [6.07, 6.45) is 0. The van der Waals surface area contributed by atoms with E-state index in [0.717, 1.165) is 11.5 Å². The predicted molar refractivity (Wildman–Crippen MR) is 56.4 cm³/mol. The number of hydrogen-bond donors (Lipinski definition) is 0. The molecule has 1 rings (SSSR count). The summed E-state index contributed by atoms with van der Waals surface area (Å²) in [5, 5.41) is 0. The van der Waals surface area contributed by atoms with Crippen molar-refractivity contribution in [2.45, 2.75) is 20.4 Å². The molecule has 1 amide bonds. The van der Waals surface area contributed by atoms with Crippen LogP contribution in [0.4, 0.5) is 0 Å². The molecule has 0 aliphatic heterocycles. The lowest BCUT2D eigenvalue weighted by Gasteiger charge is -2.19. The van der Waals surface area contributed by atoms with Crippen LogP contribution in [0.5, 0.6) is 0 Å². The summed E-state index contributed by atoms with van der Waals surface area (Å²) in [7, 11) is 1.62. The first-order chi connectivity index (χ1) is 7.13. The van der Waals surface area contributed by atoms with Crippen LogP contribution in [0.2, 0.25) is 0 Å². The van der Waals surface area contributed by atoms with Crippen molar-refractivity contribution in [2.24, 2.45) is 0 Å². The van der Waals surface area contributed by atoms with Crippen LogP contribution in [-0.4, -0.2) is 31.1 Å². The van der Waals surface area contributed by atoms with E-state index in [-0.39, 0.29) is 5.91 Å².